The minimum Gasteiger partial charge on any atom is -0.166 e. The molecule has 29 heavy (non-hydrogen) atoms. The third kappa shape index (κ3) is 6.62. The van der Waals surface area contributed by atoms with E-state index in [4.69, 9.17) is 0 Å². The van der Waals surface area contributed by atoms with Crippen molar-refractivity contribution in [3.8, 4) is 11.1 Å². The van der Waals surface area contributed by atoms with Crippen molar-refractivity contribution in [2.75, 3.05) is 0 Å². The molecule has 0 radical (unpaired) electrons. The predicted molar refractivity (Wildman–Crippen MR) is 115 cm³/mol. The van der Waals surface area contributed by atoms with Gasteiger partial charge in [0.1, 0.15) is 0 Å². The van der Waals surface area contributed by atoms with Crippen molar-refractivity contribution in [3.63, 3.8) is 0 Å². The van der Waals surface area contributed by atoms with E-state index in [0.29, 0.717) is 0 Å². The standard InChI is InChI=1S/C26H33F3/c1-2-3-4-5-20-6-8-21(9-7-20)10-11-22-12-14-23(15-13-22)24-16-18-25(19-17-24)26(27,28)29/h12-21H,2-11H2,1H3. The summed E-state index contributed by atoms with van der Waals surface area (Å²) in [5.41, 5.74) is 2.52. The maximum Gasteiger partial charge on any atom is 0.416 e. The van der Waals surface area contributed by atoms with E-state index < -0.39 is 11.7 Å². The first-order valence-corrected chi connectivity index (χ1v) is 11.2. The lowest BCUT2D eigenvalue weighted by molar-refractivity contribution is -0.137. The van der Waals surface area contributed by atoms with Crippen LogP contribution in [-0.2, 0) is 12.6 Å². The number of benzene rings is 2. The molecule has 0 heterocycles. The van der Waals surface area contributed by atoms with Crippen LogP contribution in [0.25, 0.3) is 11.1 Å². The summed E-state index contributed by atoms with van der Waals surface area (Å²) in [6.07, 6.45) is 9.14. The Balaban J connectivity index is 1.45. The summed E-state index contributed by atoms with van der Waals surface area (Å²) >= 11 is 0. The number of hydrogen-bond donors (Lipinski definition) is 0. The molecule has 0 N–H and O–H groups in total. The SMILES string of the molecule is CCCCCC1CCC(CCc2ccc(-c3ccc(C(F)(F)F)cc3)cc2)CC1. The van der Waals surface area contributed by atoms with Gasteiger partial charge < -0.3 is 0 Å². The maximum absolute atomic E-state index is 12.7. The number of unbranched alkanes of at least 4 members (excludes halogenated alkanes) is 2. The Morgan fingerprint density at radius 3 is 1.76 bits per heavy atom. The summed E-state index contributed by atoms with van der Waals surface area (Å²) in [7, 11) is 0. The molecule has 0 amide bonds. The van der Waals surface area contributed by atoms with Gasteiger partial charge in [0, 0.05) is 0 Å². The van der Waals surface area contributed by atoms with Gasteiger partial charge in [0.2, 0.25) is 0 Å². The smallest absolute Gasteiger partial charge is 0.166 e. The molecular weight excluding hydrogens is 369 g/mol. The van der Waals surface area contributed by atoms with Gasteiger partial charge in [-0.1, -0.05) is 94.7 Å². The Labute approximate surface area is 173 Å². The van der Waals surface area contributed by atoms with Gasteiger partial charge in [-0.3, -0.25) is 0 Å². The molecular formula is C26H33F3. The molecule has 0 aliphatic heterocycles. The molecule has 0 saturated heterocycles. The molecule has 1 aliphatic rings. The fourth-order valence-electron chi connectivity index (χ4n) is 4.58. The van der Waals surface area contributed by atoms with Crippen molar-refractivity contribution in [1.82, 2.24) is 0 Å². The van der Waals surface area contributed by atoms with Gasteiger partial charge in [0.15, 0.2) is 0 Å². The van der Waals surface area contributed by atoms with E-state index in [9.17, 15) is 13.2 Å². The molecule has 0 aromatic heterocycles. The Bertz CT molecular complexity index is 720. The van der Waals surface area contributed by atoms with E-state index in [2.05, 4.69) is 19.1 Å². The van der Waals surface area contributed by atoms with Crippen LogP contribution in [0, 0.1) is 11.8 Å². The van der Waals surface area contributed by atoms with Crippen molar-refractivity contribution in [1.29, 1.82) is 0 Å². The third-order valence-corrected chi connectivity index (χ3v) is 6.52. The lowest BCUT2D eigenvalue weighted by Crippen LogP contribution is -2.15. The van der Waals surface area contributed by atoms with E-state index >= 15 is 0 Å². The second-order valence-electron chi connectivity index (χ2n) is 8.69. The zero-order valence-electron chi connectivity index (χ0n) is 17.5. The normalized spacial score (nSPS) is 20.0. The molecule has 0 spiro atoms. The first-order valence-electron chi connectivity index (χ1n) is 11.2. The van der Waals surface area contributed by atoms with Crippen LogP contribution in [0.1, 0.15) is 75.8 Å². The van der Waals surface area contributed by atoms with Crippen molar-refractivity contribution in [2.24, 2.45) is 11.8 Å². The second kappa shape index (κ2) is 10.3. The second-order valence-corrected chi connectivity index (χ2v) is 8.69. The van der Waals surface area contributed by atoms with E-state index in [1.54, 1.807) is 12.1 Å². The summed E-state index contributed by atoms with van der Waals surface area (Å²) in [5.74, 6) is 1.81. The van der Waals surface area contributed by atoms with Gasteiger partial charge in [-0.15, -0.1) is 0 Å². The molecule has 0 bridgehead atoms. The first-order chi connectivity index (χ1) is 14.0. The first kappa shape index (κ1) is 21.9. The van der Waals surface area contributed by atoms with Gasteiger partial charge >= 0.3 is 6.18 Å². The molecule has 1 fully saturated rings. The van der Waals surface area contributed by atoms with E-state index in [1.165, 1.54) is 63.4 Å². The summed E-state index contributed by atoms with van der Waals surface area (Å²) in [5, 5.41) is 0. The zero-order valence-corrected chi connectivity index (χ0v) is 17.5. The predicted octanol–water partition coefficient (Wildman–Crippen LogP) is 8.69. The number of hydrogen-bond acceptors (Lipinski definition) is 0. The van der Waals surface area contributed by atoms with Gasteiger partial charge in [-0.25, -0.2) is 0 Å². The lowest BCUT2D eigenvalue weighted by atomic mass is 9.78. The van der Waals surface area contributed by atoms with Crippen LogP contribution in [0.15, 0.2) is 48.5 Å². The van der Waals surface area contributed by atoms with Gasteiger partial charge in [0.25, 0.3) is 0 Å². The van der Waals surface area contributed by atoms with Crippen LogP contribution in [0.3, 0.4) is 0 Å². The molecule has 1 saturated carbocycles. The average molecular weight is 403 g/mol. The molecule has 3 heteroatoms. The number of halogens is 3. The molecule has 158 valence electrons. The maximum atomic E-state index is 12.7. The van der Waals surface area contributed by atoms with Crippen LogP contribution < -0.4 is 0 Å². The van der Waals surface area contributed by atoms with Crippen molar-refractivity contribution in [2.45, 2.75) is 77.3 Å². The van der Waals surface area contributed by atoms with Gasteiger partial charge in [-0.05, 0) is 53.5 Å². The quantitative estimate of drug-likeness (QED) is 0.387. The fraction of sp³-hybridized carbons (Fsp3) is 0.538. The van der Waals surface area contributed by atoms with Crippen LogP contribution in [-0.4, -0.2) is 0 Å². The van der Waals surface area contributed by atoms with E-state index in [1.807, 2.05) is 12.1 Å². The summed E-state index contributed by atoms with van der Waals surface area (Å²) in [4.78, 5) is 0. The topological polar surface area (TPSA) is 0 Å². The largest absolute Gasteiger partial charge is 0.416 e. The van der Waals surface area contributed by atoms with Crippen LogP contribution >= 0.6 is 0 Å². The molecule has 1 aliphatic carbocycles. The Morgan fingerprint density at radius 1 is 0.724 bits per heavy atom. The number of alkyl halides is 3. The Morgan fingerprint density at radius 2 is 1.24 bits per heavy atom. The molecule has 0 nitrogen and oxygen atoms in total. The fourth-order valence-corrected chi connectivity index (χ4v) is 4.58. The highest BCUT2D eigenvalue weighted by Gasteiger charge is 2.30. The molecule has 0 unspecified atom stereocenters. The number of aryl methyl sites for hydroxylation is 1. The van der Waals surface area contributed by atoms with Gasteiger partial charge in [0.05, 0.1) is 5.56 Å². The van der Waals surface area contributed by atoms with Crippen LogP contribution in [0.5, 0.6) is 0 Å². The van der Waals surface area contributed by atoms with Crippen LogP contribution in [0.2, 0.25) is 0 Å². The minimum absolute atomic E-state index is 0.599. The van der Waals surface area contributed by atoms with E-state index in [-0.39, 0.29) is 0 Å². The molecule has 3 rings (SSSR count). The minimum atomic E-state index is -4.28. The molecule has 2 aromatic carbocycles. The highest BCUT2D eigenvalue weighted by molar-refractivity contribution is 5.64. The van der Waals surface area contributed by atoms with Crippen molar-refractivity contribution in [3.05, 3.63) is 59.7 Å². The number of rotatable bonds is 8. The summed E-state index contributed by atoms with van der Waals surface area (Å²) < 4.78 is 38.1. The molecule has 0 atom stereocenters. The van der Waals surface area contributed by atoms with Crippen molar-refractivity contribution >= 4 is 0 Å². The monoisotopic (exact) mass is 402 g/mol. The summed E-state index contributed by atoms with van der Waals surface area (Å²) in [6.45, 7) is 2.27. The zero-order chi connectivity index (χ0) is 20.7. The lowest BCUT2D eigenvalue weighted by Gasteiger charge is -2.28. The molecule has 2 aromatic rings. The van der Waals surface area contributed by atoms with Crippen molar-refractivity contribution < 1.29 is 13.2 Å². The van der Waals surface area contributed by atoms with Crippen LogP contribution in [0.4, 0.5) is 13.2 Å². The summed E-state index contributed by atoms with van der Waals surface area (Å²) in [6, 6.07) is 13.7. The van der Waals surface area contributed by atoms with E-state index in [0.717, 1.165) is 41.5 Å². The van der Waals surface area contributed by atoms with Gasteiger partial charge in [-0.2, -0.15) is 13.2 Å². The third-order valence-electron chi connectivity index (χ3n) is 6.52. The highest BCUT2D eigenvalue weighted by atomic mass is 19.4. The Kier molecular flexibility index (Phi) is 7.80. The Hall–Kier alpha value is -1.77. The average Bonchev–Trinajstić information content (AvgIpc) is 2.73. The highest BCUT2D eigenvalue weighted by Crippen LogP contribution is 2.35.